The summed E-state index contributed by atoms with van der Waals surface area (Å²) in [6.07, 6.45) is 0.247. The molecule has 0 radical (unpaired) electrons. The van der Waals surface area contributed by atoms with Crippen LogP contribution in [0.1, 0.15) is 13.3 Å². The van der Waals surface area contributed by atoms with Crippen LogP contribution in [0.15, 0.2) is 52.5 Å². The molecular weight excluding hydrogens is 403 g/mol. The molecule has 7 nitrogen and oxygen atoms in total. The molecular formula is C18H19FN4O3S2. The van der Waals surface area contributed by atoms with Crippen molar-refractivity contribution in [2.45, 2.75) is 29.9 Å². The van der Waals surface area contributed by atoms with Gasteiger partial charge in [0.25, 0.3) is 0 Å². The molecule has 148 valence electrons. The van der Waals surface area contributed by atoms with Gasteiger partial charge in [-0.3, -0.25) is 4.79 Å². The van der Waals surface area contributed by atoms with Gasteiger partial charge < -0.3 is 9.88 Å². The standard InChI is InChI=1S/C18H19FN4O3S2/c1-2-23-16-8-7-14(28(20,25)26)11-15(16)22-18(23)27-10-9-17(24)21-13-5-3-12(19)4-6-13/h3-8,11H,2,9-10H2,1H3,(H,21,24)(H2,20,25,26). The molecule has 2 aromatic carbocycles. The van der Waals surface area contributed by atoms with Gasteiger partial charge in [-0.05, 0) is 49.4 Å². The second-order valence-corrected chi connectivity index (χ2v) is 8.61. The van der Waals surface area contributed by atoms with Crippen molar-refractivity contribution in [2.75, 3.05) is 11.1 Å². The highest BCUT2D eigenvalue weighted by atomic mass is 32.2. The number of benzene rings is 2. The number of anilines is 1. The first kappa shape index (κ1) is 20.3. The number of aromatic nitrogens is 2. The predicted octanol–water partition coefficient (Wildman–Crippen LogP) is 2.96. The molecule has 0 saturated carbocycles. The maximum absolute atomic E-state index is 12.9. The molecule has 0 aliphatic heterocycles. The summed E-state index contributed by atoms with van der Waals surface area (Å²) in [5.74, 6) is -0.0642. The normalized spacial score (nSPS) is 11.7. The number of primary sulfonamides is 1. The molecule has 0 atom stereocenters. The summed E-state index contributed by atoms with van der Waals surface area (Å²) in [5, 5.41) is 8.58. The van der Waals surface area contributed by atoms with Crippen molar-refractivity contribution in [2.24, 2.45) is 5.14 Å². The average molecular weight is 423 g/mol. The fourth-order valence-corrected chi connectivity index (χ4v) is 4.22. The van der Waals surface area contributed by atoms with Gasteiger partial charge in [0, 0.05) is 24.4 Å². The molecule has 1 heterocycles. The second-order valence-electron chi connectivity index (χ2n) is 5.99. The Hall–Kier alpha value is -2.43. The number of rotatable bonds is 7. The number of amides is 1. The Labute approximate surface area is 166 Å². The summed E-state index contributed by atoms with van der Waals surface area (Å²) in [6.45, 7) is 2.61. The Bertz CT molecular complexity index is 1110. The Morgan fingerprint density at radius 1 is 1.25 bits per heavy atom. The number of thioether (sulfide) groups is 1. The molecule has 0 aliphatic rings. The molecule has 3 rings (SSSR count). The maximum Gasteiger partial charge on any atom is 0.238 e. The van der Waals surface area contributed by atoms with E-state index in [-0.39, 0.29) is 23.0 Å². The SMILES string of the molecule is CCn1c(SCCC(=O)Nc2ccc(F)cc2)nc2cc(S(N)(=O)=O)ccc21. The highest BCUT2D eigenvalue weighted by molar-refractivity contribution is 7.99. The van der Waals surface area contributed by atoms with E-state index >= 15 is 0 Å². The van der Waals surface area contributed by atoms with Gasteiger partial charge in [0.05, 0.1) is 15.9 Å². The van der Waals surface area contributed by atoms with Crippen LogP contribution in [0.4, 0.5) is 10.1 Å². The van der Waals surface area contributed by atoms with Crippen LogP contribution in [-0.2, 0) is 21.4 Å². The second kappa shape index (κ2) is 8.29. The largest absolute Gasteiger partial charge is 0.326 e. The molecule has 1 aromatic heterocycles. The lowest BCUT2D eigenvalue weighted by atomic mass is 10.3. The molecule has 0 spiro atoms. The molecule has 10 heteroatoms. The lowest BCUT2D eigenvalue weighted by Gasteiger charge is -2.07. The van der Waals surface area contributed by atoms with Crippen LogP contribution in [0.25, 0.3) is 11.0 Å². The van der Waals surface area contributed by atoms with E-state index < -0.39 is 10.0 Å². The van der Waals surface area contributed by atoms with Crippen molar-refractivity contribution in [3.63, 3.8) is 0 Å². The number of nitrogens with one attached hydrogen (secondary N) is 1. The number of imidazole rings is 1. The first-order valence-electron chi connectivity index (χ1n) is 8.49. The predicted molar refractivity (Wildman–Crippen MR) is 107 cm³/mol. The Morgan fingerprint density at radius 2 is 1.96 bits per heavy atom. The Balaban J connectivity index is 1.68. The molecule has 3 N–H and O–H groups in total. The lowest BCUT2D eigenvalue weighted by molar-refractivity contribution is -0.115. The van der Waals surface area contributed by atoms with Crippen LogP contribution >= 0.6 is 11.8 Å². The number of aryl methyl sites for hydroxylation is 1. The minimum absolute atomic E-state index is 0.0102. The number of hydrogen-bond acceptors (Lipinski definition) is 5. The number of sulfonamides is 1. The fourth-order valence-electron chi connectivity index (χ4n) is 2.67. The third-order valence-corrected chi connectivity index (χ3v) is 5.91. The van der Waals surface area contributed by atoms with E-state index in [2.05, 4.69) is 10.3 Å². The number of nitrogens with two attached hydrogens (primary N) is 1. The van der Waals surface area contributed by atoms with Crippen LogP contribution in [0.3, 0.4) is 0 Å². The van der Waals surface area contributed by atoms with Gasteiger partial charge >= 0.3 is 0 Å². The Kier molecular flexibility index (Phi) is 6.01. The molecule has 0 saturated heterocycles. The number of halogens is 1. The van der Waals surface area contributed by atoms with E-state index in [1.807, 2.05) is 11.5 Å². The van der Waals surface area contributed by atoms with Crippen LogP contribution in [0, 0.1) is 5.82 Å². The van der Waals surface area contributed by atoms with E-state index in [9.17, 15) is 17.6 Å². The Morgan fingerprint density at radius 3 is 2.61 bits per heavy atom. The molecule has 0 unspecified atom stereocenters. The van der Waals surface area contributed by atoms with Crippen LogP contribution in [0.5, 0.6) is 0 Å². The van der Waals surface area contributed by atoms with Crippen LogP contribution in [0.2, 0.25) is 0 Å². The summed E-state index contributed by atoms with van der Waals surface area (Å²) < 4.78 is 37.9. The molecule has 3 aromatic rings. The first-order chi connectivity index (χ1) is 13.3. The zero-order valence-corrected chi connectivity index (χ0v) is 16.7. The average Bonchev–Trinajstić information content (AvgIpc) is 2.99. The number of hydrogen-bond donors (Lipinski definition) is 2. The molecule has 0 bridgehead atoms. The van der Waals surface area contributed by atoms with Crippen molar-refractivity contribution >= 4 is 44.4 Å². The number of fused-ring (bicyclic) bond motifs is 1. The smallest absolute Gasteiger partial charge is 0.238 e. The van der Waals surface area contributed by atoms with E-state index in [0.717, 1.165) is 5.52 Å². The fraction of sp³-hybridized carbons (Fsp3) is 0.222. The van der Waals surface area contributed by atoms with Gasteiger partial charge in [0.1, 0.15) is 5.82 Å². The molecule has 0 aliphatic carbocycles. The highest BCUT2D eigenvalue weighted by Gasteiger charge is 2.15. The quantitative estimate of drug-likeness (QED) is 0.569. The minimum atomic E-state index is -3.80. The number of nitrogens with zero attached hydrogens (tertiary/aromatic N) is 2. The van der Waals surface area contributed by atoms with Crippen molar-refractivity contribution in [3.8, 4) is 0 Å². The van der Waals surface area contributed by atoms with Crippen molar-refractivity contribution in [1.82, 2.24) is 9.55 Å². The molecule has 28 heavy (non-hydrogen) atoms. The molecule has 0 fully saturated rings. The number of carbonyl (C=O) groups is 1. The van der Waals surface area contributed by atoms with Crippen molar-refractivity contribution in [1.29, 1.82) is 0 Å². The third kappa shape index (κ3) is 4.70. The van der Waals surface area contributed by atoms with Gasteiger partial charge in [-0.1, -0.05) is 11.8 Å². The van der Waals surface area contributed by atoms with Crippen LogP contribution in [-0.4, -0.2) is 29.6 Å². The maximum atomic E-state index is 12.9. The van der Waals surface area contributed by atoms with Gasteiger partial charge in [0.15, 0.2) is 5.16 Å². The van der Waals surface area contributed by atoms with Crippen LogP contribution < -0.4 is 10.5 Å². The monoisotopic (exact) mass is 422 g/mol. The molecule has 1 amide bonds. The third-order valence-electron chi connectivity index (χ3n) is 4.02. The number of carbonyl (C=O) groups excluding carboxylic acids is 1. The van der Waals surface area contributed by atoms with Gasteiger partial charge in [-0.15, -0.1) is 0 Å². The summed E-state index contributed by atoms with van der Waals surface area (Å²) in [5.41, 5.74) is 1.87. The van der Waals surface area contributed by atoms with Gasteiger partial charge in [-0.2, -0.15) is 0 Å². The van der Waals surface area contributed by atoms with E-state index in [1.54, 1.807) is 6.07 Å². The van der Waals surface area contributed by atoms with Gasteiger partial charge in [0.2, 0.25) is 15.9 Å². The van der Waals surface area contributed by atoms with E-state index in [0.29, 0.717) is 28.7 Å². The highest BCUT2D eigenvalue weighted by Crippen LogP contribution is 2.26. The summed E-state index contributed by atoms with van der Waals surface area (Å²) in [7, 11) is -3.80. The van der Waals surface area contributed by atoms with E-state index in [1.165, 1.54) is 48.2 Å². The zero-order valence-electron chi connectivity index (χ0n) is 15.1. The minimum Gasteiger partial charge on any atom is -0.326 e. The zero-order chi connectivity index (χ0) is 20.3. The summed E-state index contributed by atoms with van der Waals surface area (Å²) in [6, 6.07) is 10.1. The van der Waals surface area contributed by atoms with E-state index in [4.69, 9.17) is 5.14 Å². The summed E-state index contributed by atoms with van der Waals surface area (Å²) >= 11 is 1.40. The first-order valence-corrected chi connectivity index (χ1v) is 11.0. The van der Waals surface area contributed by atoms with Crippen molar-refractivity contribution in [3.05, 3.63) is 48.3 Å². The topological polar surface area (TPSA) is 107 Å². The van der Waals surface area contributed by atoms with Crippen molar-refractivity contribution < 1.29 is 17.6 Å². The lowest BCUT2D eigenvalue weighted by Crippen LogP contribution is -2.12. The summed E-state index contributed by atoms with van der Waals surface area (Å²) in [4.78, 5) is 16.5. The van der Waals surface area contributed by atoms with Gasteiger partial charge in [-0.25, -0.2) is 22.9 Å².